The second-order valence-electron chi connectivity index (χ2n) is 5.02. The van der Waals surface area contributed by atoms with E-state index in [2.05, 4.69) is 52.4 Å². The topological polar surface area (TPSA) is 24.9 Å². The van der Waals surface area contributed by atoms with E-state index in [0.717, 1.165) is 22.6 Å². The van der Waals surface area contributed by atoms with Gasteiger partial charge in [-0.05, 0) is 38.4 Å². The van der Waals surface area contributed by atoms with E-state index >= 15 is 0 Å². The number of nitrogens with one attached hydrogen (secondary N) is 1. The first-order chi connectivity index (χ1) is 9.24. The van der Waals surface area contributed by atoms with Crippen LogP contribution in [0.2, 0.25) is 0 Å². The Morgan fingerprint density at radius 1 is 1.32 bits per heavy atom. The fourth-order valence-corrected chi connectivity index (χ4v) is 4.05. The normalized spacial score (nSPS) is 19.6. The van der Waals surface area contributed by atoms with Crippen molar-refractivity contribution in [1.82, 2.24) is 10.3 Å². The zero-order chi connectivity index (χ0) is 13.2. The lowest BCUT2D eigenvalue weighted by atomic mass is 9.97. The van der Waals surface area contributed by atoms with Crippen LogP contribution in [-0.2, 0) is 0 Å². The first-order valence-corrected chi connectivity index (χ1v) is 8.29. The molecule has 0 bridgehead atoms. The second-order valence-corrected chi connectivity index (χ2v) is 6.97. The van der Waals surface area contributed by atoms with Gasteiger partial charge in [0, 0.05) is 27.4 Å². The predicted octanol–water partition coefficient (Wildman–Crippen LogP) is 4.35. The molecule has 2 nitrogen and oxygen atoms in total. The molecule has 0 amide bonds. The molecule has 100 valence electrons. The van der Waals surface area contributed by atoms with Gasteiger partial charge in [0.2, 0.25) is 0 Å². The number of piperidine rings is 1. The van der Waals surface area contributed by atoms with Gasteiger partial charge >= 0.3 is 0 Å². The first-order valence-electron chi connectivity index (χ1n) is 6.68. The third kappa shape index (κ3) is 2.91. The van der Waals surface area contributed by atoms with Crippen LogP contribution >= 0.6 is 27.3 Å². The molecule has 1 aliphatic rings. The highest BCUT2D eigenvalue weighted by atomic mass is 79.9. The van der Waals surface area contributed by atoms with E-state index in [9.17, 15) is 0 Å². The predicted molar refractivity (Wildman–Crippen MR) is 84.8 cm³/mol. The molecular formula is C15H17BrN2S. The SMILES string of the molecule is Cc1nc(-c2ccc(Br)cc2)sc1C1CCCNC1. The van der Waals surface area contributed by atoms with Gasteiger partial charge in [-0.2, -0.15) is 0 Å². The number of benzene rings is 1. The van der Waals surface area contributed by atoms with Gasteiger partial charge in [0.05, 0.1) is 5.69 Å². The van der Waals surface area contributed by atoms with Gasteiger partial charge in [-0.1, -0.05) is 28.1 Å². The minimum Gasteiger partial charge on any atom is -0.316 e. The summed E-state index contributed by atoms with van der Waals surface area (Å²) in [5.74, 6) is 0.649. The summed E-state index contributed by atoms with van der Waals surface area (Å²) in [5.41, 5.74) is 2.42. The van der Waals surface area contributed by atoms with E-state index in [1.807, 2.05) is 11.3 Å². The fraction of sp³-hybridized carbons (Fsp3) is 0.400. The number of thiazole rings is 1. The Balaban J connectivity index is 1.90. The molecular weight excluding hydrogens is 320 g/mol. The standard InChI is InChI=1S/C15H17BrN2S/c1-10-14(12-3-2-8-17-9-12)19-15(18-10)11-4-6-13(16)7-5-11/h4-7,12,17H,2-3,8-9H2,1H3. The van der Waals surface area contributed by atoms with Gasteiger partial charge in [0.15, 0.2) is 0 Å². The molecule has 0 spiro atoms. The van der Waals surface area contributed by atoms with Crippen LogP contribution in [0.4, 0.5) is 0 Å². The molecule has 1 unspecified atom stereocenters. The summed E-state index contributed by atoms with van der Waals surface area (Å²) in [7, 11) is 0. The van der Waals surface area contributed by atoms with Crippen molar-refractivity contribution in [2.45, 2.75) is 25.7 Å². The van der Waals surface area contributed by atoms with Gasteiger partial charge in [0.25, 0.3) is 0 Å². The molecule has 1 aromatic carbocycles. The van der Waals surface area contributed by atoms with Gasteiger partial charge < -0.3 is 5.32 Å². The highest BCUT2D eigenvalue weighted by Crippen LogP contribution is 2.35. The van der Waals surface area contributed by atoms with Crippen LogP contribution in [0.3, 0.4) is 0 Å². The molecule has 3 rings (SSSR count). The molecule has 1 saturated heterocycles. The number of rotatable bonds is 2. The maximum Gasteiger partial charge on any atom is 0.123 e. The van der Waals surface area contributed by atoms with E-state index in [-0.39, 0.29) is 0 Å². The molecule has 1 aromatic heterocycles. The average molecular weight is 337 g/mol. The Morgan fingerprint density at radius 2 is 2.11 bits per heavy atom. The molecule has 0 aliphatic carbocycles. The summed E-state index contributed by atoms with van der Waals surface area (Å²) in [5, 5.41) is 4.63. The van der Waals surface area contributed by atoms with Crippen LogP contribution in [0, 0.1) is 6.92 Å². The van der Waals surface area contributed by atoms with Crippen LogP contribution in [0.1, 0.15) is 29.3 Å². The third-order valence-corrected chi connectivity index (χ3v) is 5.49. The second kappa shape index (κ2) is 5.73. The Morgan fingerprint density at radius 3 is 2.79 bits per heavy atom. The van der Waals surface area contributed by atoms with Crippen LogP contribution < -0.4 is 5.32 Å². The number of hydrogen-bond donors (Lipinski definition) is 1. The lowest BCUT2D eigenvalue weighted by molar-refractivity contribution is 0.464. The quantitative estimate of drug-likeness (QED) is 0.881. The molecule has 1 fully saturated rings. The largest absolute Gasteiger partial charge is 0.316 e. The van der Waals surface area contributed by atoms with E-state index in [1.165, 1.54) is 29.0 Å². The van der Waals surface area contributed by atoms with E-state index in [4.69, 9.17) is 4.98 Å². The van der Waals surface area contributed by atoms with Gasteiger partial charge in [-0.25, -0.2) is 4.98 Å². The Bertz CT molecular complexity index is 556. The van der Waals surface area contributed by atoms with Crippen LogP contribution in [-0.4, -0.2) is 18.1 Å². The lowest BCUT2D eigenvalue weighted by Crippen LogP contribution is -2.28. The third-order valence-electron chi connectivity index (χ3n) is 3.59. The minimum atomic E-state index is 0.649. The van der Waals surface area contributed by atoms with Gasteiger partial charge in [-0.3, -0.25) is 0 Å². The zero-order valence-electron chi connectivity index (χ0n) is 10.9. The van der Waals surface area contributed by atoms with Crippen LogP contribution in [0.15, 0.2) is 28.7 Å². The summed E-state index contributed by atoms with van der Waals surface area (Å²) in [6.07, 6.45) is 2.56. The number of aromatic nitrogens is 1. The average Bonchev–Trinajstić information content (AvgIpc) is 2.83. The highest BCUT2D eigenvalue weighted by molar-refractivity contribution is 9.10. The summed E-state index contributed by atoms with van der Waals surface area (Å²) in [6, 6.07) is 8.42. The smallest absolute Gasteiger partial charge is 0.123 e. The molecule has 19 heavy (non-hydrogen) atoms. The lowest BCUT2D eigenvalue weighted by Gasteiger charge is -2.21. The number of hydrogen-bond acceptors (Lipinski definition) is 3. The monoisotopic (exact) mass is 336 g/mol. The summed E-state index contributed by atoms with van der Waals surface area (Å²) < 4.78 is 1.11. The van der Waals surface area contributed by atoms with Crippen molar-refractivity contribution in [2.24, 2.45) is 0 Å². The molecule has 2 aromatic rings. The van der Waals surface area contributed by atoms with Gasteiger partial charge in [0.1, 0.15) is 5.01 Å². The Kier molecular flexibility index (Phi) is 4.01. The highest BCUT2D eigenvalue weighted by Gasteiger charge is 2.20. The number of halogens is 1. The van der Waals surface area contributed by atoms with E-state index < -0.39 is 0 Å². The minimum absolute atomic E-state index is 0.649. The van der Waals surface area contributed by atoms with Crippen molar-refractivity contribution in [1.29, 1.82) is 0 Å². The van der Waals surface area contributed by atoms with E-state index in [0.29, 0.717) is 5.92 Å². The summed E-state index contributed by atoms with van der Waals surface area (Å²) >= 11 is 5.33. The molecule has 4 heteroatoms. The maximum atomic E-state index is 4.76. The summed E-state index contributed by atoms with van der Waals surface area (Å²) in [6.45, 7) is 4.40. The van der Waals surface area contributed by atoms with Crippen molar-refractivity contribution in [3.8, 4) is 10.6 Å². The van der Waals surface area contributed by atoms with Crippen molar-refractivity contribution in [2.75, 3.05) is 13.1 Å². The van der Waals surface area contributed by atoms with Crippen molar-refractivity contribution >= 4 is 27.3 Å². The molecule has 1 N–H and O–H groups in total. The first kappa shape index (κ1) is 13.3. The Hall–Kier alpha value is -0.710. The molecule has 1 atom stereocenters. The summed E-state index contributed by atoms with van der Waals surface area (Å²) in [4.78, 5) is 6.22. The van der Waals surface area contributed by atoms with Crippen LogP contribution in [0.25, 0.3) is 10.6 Å². The van der Waals surface area contributed by atoms with Crippen LogP contribution in [0.5, 0.6) is 0 Å². The molecule has 0 saturated carbocycles. The fourth-order valence-electron chi connectivity index (χ4n) is 2.58. The molecule has 0 radical (unpaired) electrons. The zero-order valence-corrected chi connectivity index (χ0v) is 13.4. The Labute approximate surface area is 126 Å². The number of nitrogens with zero attached hydrogens (tertiary/aromatic N) is 1. The van der Waals surface area contributed by atoms with Crippen molar-refractivity contribution in [3.63, 3.8) is 0 Å². The number of aryl methyl sites for hydroxylation is 1. The van der Waals surface area contributed by atoms with Crippen molar-refractivity contribution in [3.05, 3.63) is 39.3 Å². The van der Waals surface area contributed by atoms with Crippen molar-refractivity contribution < 1.29 is 0 Å². The van der Waals surface area contributed by atoms with E-state index in [1.54, 1.807) is 0 Å². The van der Waals surface area contributed by atoms with Gasteiger partial charge in [-0.15, -0.1) is 11.3 Å². The molecule has 1 aliphatic heterocycles. The maximum absolute atomic E-state index is 4.76. The molecule has 2 heterocycles.